The third kappa shape index (κ3) is 3.03. The monoisotopic (exact) mass is 348 g/mol. The van der Waals surface area contributed by atoms with Crippen LogP contribution in [0.5, 0.6) is 0 Å². The molecule has 1 saturated heterocycles. The summed E-state index contributed by atoms with van der Waals surface area (Å²) in [7, 11) is 2.08. The third-order valence-corrected chi connectivity index (χ3v) is 5.03. The first-order valence-corrected chi connectivity index (χ1v) is 8.78. The number of pyridine rings is 1. The van der Waals surface area contributed by atoms with Crippen LogP contribution in [0.3, 0.4) is 0 Å². The SMILES string of the molecule is Cn1cccc1[C@@H]1[C@H](c2ccccn2)NC(=S)N1Cc1ccccc1. The Hall–Kier alpha value is -2.66. The highest BCUT2D eigenvalue weighted by atomic mass is 32.1. The predicted molar refractivity (Wildman–Crippen MR) is 103 cm³/mol. The Kier molecular flexibility index (Phi) is 4.24. The van der Waals surface area contributed by atoms with Crippen LogP contribution < -0.4 is 5.32 Å². The molecular weight excluding hydrogens is 328 g/mol. The summed E-state index contributed by atoms with van der Waals surface area (Å²) in [5.74, 6) is 0. The van der Waals surface area contributed by atoms with Gasteiger partial charge in [-0.1, -0.05) is 36.4 Å². The van der Waals surface area contributed by atoms with Gasteiger partial charge in [-0.15, -0.1) is 0 Å². The van der Waals surface area contributed by atoms with Gasteiger partial charge < -0.3 is 14.8 Å². The molecule has 0 aliphatic carbocycles. The van der Waals surface area contributed by atoms with Gasteiger partial charge in [0.05, 0.1) is 17.8 Å². The molecule has 0 unspecified atom stereocenters. The van der Waals surface area contributed by atoms with E-state index in [1.54, 1.807) is 0 Å². The first-order valence-electron chi connectivity index (χ1n) is 8.37. The van der Waals surface area contributed by atoms with Gasteiger partial charge in [0.25, 0.3) is 0 Å². The van der Waals surface area contributed by atoms with Crippen LogP contribution in [0.25, 0.3) is 0 Å². The van der Waals surface area contributed by atoms with E-state index in [1.807, 2.05) is 24.4 Å². The molecule has 0 amide bonds. The van der Waals surface area contributed by atoms with Gasteiger partial charge in [0.15, 0.2) is 5.11 Å². The zero-order chi connectivity index (χ0) is 17.2. The number of nitrogens with zero attached hydrogens (tertiary/aromatic N) is 3. The number of hydrogen-bond acceptors (Lipinski definition) is 2. The molecule has 0 bridgehead atoms. The summed E-state index contributed by atoms with van der Waals surface area (Å²) in [5.41, 5.74) is 3.47. The first-order chi connectivity index (χ1) is 12.2. The zero-order valence-corrected chi connectivity index (χ0v) is 14.9. The van der Waals surface area contributed by atoms with Crippen molar-refractivity contribution in [1.82, 2.24) is 19.8 Å². The molecule has 2 atom stereocenters. The van der Waals surface area contributed by atoms with Crippen molar-refractivity contribution >= 4 is 17.3 Å². The van der Waals surface area contributed by atoms with Crippen molar-refractivity contribution in [3.05, 3.63) is 90.0 Å². The molecule has 4 rings (SSSR count). The zero-order valence-electron chi connectivity index (χ0n) is 14.0. The van der Waals surface area contributed by atoms with E-state index in [0.717, 1.165) is 17.4 Å². The molecule has 4 nitrogen and oxygen atoms in total. The third-order valence-electron chi connectivity index (χ3n) is 4.68. The molecule has 0 spiro atoms. The minimum Gasteiger partial charge on any atom is -0.353 e. The molecular formula is C20H20N4S. The molecule has 1 aromatic carbocycles. The Balaban J connectivity index is 1.74. The minimum atomic E-state index is 0.0333. The Morgan fingerprint density at radius 3 is 2.52 bits per heavy atom. The van der Waals surface area contributed by atoms with Gasteiger partial charge in [0.2, 0.25) is 0 Å². The van der Waals surface area contributed by atoms with Gasteiger partial charge >= 0.3 is 0 Å². The fourth-order valence-corrected chi connectivity index (χ4v) is 3.76. The summed E-state index contributed by atoms with van der Waals surface area (Å²) < 4.78 is 2.16. The minimum absolute atomic E-state index is 0.0333. The second-order valence-corrected chi connectivity index (χ2v) is 6.67. The first kappa shape index (κ1) is 15.8. The largest absolute Gasteiger partial charge is 0.353 e. The maximum atomic E-state index is 5.69. The Morgan fingerprint density at radius 1 is 1.04 bits per heavy atom. The average molecular weight is 348 g/mol. The molecule has 0 saturated carbocycles. The van der Waals surface area contributed by atoms with Crippen molar-refractivity contribution in [1.29, 1.82) is 0 Å². The number of hydrogen-bond donors (Lipinski definition) is 1. The van der Waals surface area contributed by atoms with Crippen LogP contribution in [-0.2, 0) is 13.6 Å². The Labute approximate surface area is 153 Å². The van der Waals surface area contributed by atoms with Crippen LogP contribution in [-0.4, -0.2) is 19.6 Å². The van der Waals surface area contributed by atoms with E-state index in [-0.39, 0.29) is 12.1 Å². The molecule has 5 heteroatoms. The number of aryl methyl sites for hydroxylation is 1. The normalized spacial score (nSPS) is 19.9. The summed E-state index contributed by atoms with van der Waals surface area (Å²) in [5, 5.41) is 4.26. The van der Waals surface area contributed by atoms with Gasteiger partial charge in [0, 0.05) is 31.7 Å². The predicted octanol–water partition coefficient (Wildman–Crippen LogP) is 3.59. The quantitative estimate of drug-likeness (QED) is 0.731. The van der Waals surface area contributed by atoms with Crippen LogP contribution in [0.2, 0.25) is 0 Å². The van der Waals surface area contributed by atoms with E-state index in [1.165, 1.54) is 11.3 Å². The summed E-state index contributed by atoms with van der Waals surface area (Å²) in [6.07, 6.45) is 3.91. The Morgan fingerprint density at radius 2 is 1.84 bits per heavy atom. The summed E-state index contributed by atoms with van der Waals surface area (Å²) in [6.45, 7) is 0.770. The molecule has 2 aromatic heterocycles. The molecule has 0 radical (unpaired) electrons. The maximum Gasteiger partial charge on any atom is 0.170 e. The van der Waals surface area contributed by atoms with Crippen molar-refractivity contribution < 1.29 is 0 Å². The van der Waals surface area contributed by atoms with Gasteiger partial charge in [-0.3, -0.25) is 4.98 Å². The van der Waals surface area contributed by atoms with Crippen molar-refractivity contribution in [3.63, 3.8) is 0 Å². The molecule has 3 heterocycles. The second kappa shape index (κ2) is 6.69. The highest BCUT2D eigenvalue weighted by Crippen LogP contribution is 2.39. The van der Waals surface area contributed by atoms with E-state index in [9.17, 15) is 0 Å². The average Bonchev–Trinajstić information content (AvgIpc) is 3.20. The smallest absolute Gasteiger partial charge is 0.170 e. The van der Waals surface area contributed by atoms with Crippen LogP contribution in [0.1, 0.15) is 29.0 Å². The van der Waals surface area contributed by atoms with Gasteiger partial charge in [-0.05, 0) is 42.0 Å². The molecule has 126 valence electrons. The second-order valence-electron chi connectivity index (χ2n) is 6.28. The summed E-state index contributed by atoms with van der Waals surface area (Å²) in [4.78, 5) is 6.83. The lowest BCUT2D eigenvalue weighted by Crippen LogP contribution is -2.29. The van der Waals surface area contributed by atoms with Gasteiger partial charge in [-0.25, -0.2) is 0 Å². The standard InChI is InChI=1S/C20H20N4S/c1-23-13-7-11-17(23)19-18(16-10-5-6-12-21-16)22-20(25)24(19)14-15-8-3-2-4-9-15/h2-13,18-19H,14H2,1H3,(H,22,25)/t18-,19+/m0/s1. The highest BCUT2D eigenvalue weighted by molar-refractivity contribution is 7.80. The summed E-state index contributed by atoms with van der Waals surface area (Å²) in [6, 6.07) is 20.8. The number of rotatable bonds is 4. The number of thiocarbonyl (C=S) groups is 1. The summed E-state index contributed by atoms with van der Waals surface area (Å²) >= 11 is 5.69. The molecule has 25 heavy (non-hydrogen) atoms. The molecule has 1 aliphatic rings. The molecule has 3 aromatic rings. The van der Waals surface area contributed by atoms with Crippen molar-refractivity contribution in [2.45, 2.75) is 18.6 Å². The van der Waals surface area contributed by atoms with Gasteiger partial charge in [-0.2, -0.15) is 0 Å². The van der Waals surface area contributed by atoms with E-state index in [2.05, 4.69) is 75.5 Å². The van der Waals surface area contributed by atoms with Crippen molar-refractivity contribution in [2.75, 3.05) is 0 Å². The van der Waals surface area contributed by atoms with E-state index in [4.69, 9.17) is 12.2 Å². The van der Waals surface area contributed by atoms with Gasteiger partial charge in [0.1, 0.15) is 0 Å². The van der Waals surface area contributed by atoms with E-state index < -0.39 is 0 Å². The Bertz CT molecular complexity index is 860. The topological polar surface area (TPSA) is 33.1 Å². The molecule has 1 fully saturated rings. The van der Waals surface area contributed by atoms with Crippen LogP contribution in [0.4, 0.5) is 0 Å². The van der Waals surface area contributed by atoms with E-state index >= 15 is 0 Å². The van der Waals surface area contributed by atoms with Crippen LogP contribution in [0, 0.1) is 0 Å². The number of benzene rings is 1. The van der Waals surface area contributed by atoms with Crippen LogP contribution in [0.15, 0.2) is 73.1 Å². The number of aromatic nitrogens is 2. The lowest BCUT2D eigenvalue weighted by atomic mass is 10.0. The lowest BCUT2D eigenvalue weighted by Gasteiger charge is -2.28. The molecule has 1 aliphatic heterocycles. The van der Waals surface area contributed by atoms with Crippen LogP contribution >= 0.6 is 12.2 Å². The van der Waals surface area contributed by atoms with E-state index in [0.29, 0.717) is 0 Å². The fourth-order valence-electron chi connectivity index (χ4n) is 3.46. The molecule has 1 N–H and O–H groups in total. The van der Waals surface area contributed by atoms with Crippen molar-refractivity contribution in [2.24, 2.45) is 7.05 Å². The highest BCUT2D eigenvalue weighted by Gasteiger charge is 2.40. The maximum absolute atomic E-state index is 5.69. The van der Waals surface area contributed by atoms with Crippen molar-refractivity contribution in [3.8, 4) is 0 Å². The fraction of sp³-hybridized carbons (Fsp3) is 0.200. The lowest BCUT2D eigenvalue weighted by molar-refractivity contribution is 0.299. The number of nitrogens with one attached hydrogen (secondary N) is 1.